The van der Waals surface area contributed by atoms with Gasteiger partial charge in [0.2, 0.25) is 5.91 Å². The summed E-state index contributed by atoms with van der Waals surface area (Å²) in [6, 6.07) is 4.48. The van der Waals surface area contributed by atoms with E-state index in [0.29, 0.717) is 36.2 Å². The molecule has 1 saturated carbocycles. The minimum Gasteiger partial charge on any atom is -0.339 e. The third-order valence-electron chi connectivity index (χ3n) is 5.61. The van der Waals surface area contributed by atoms with Crippen LogP contribution in [0.1, 0.15) is 29.6 Å². The fourth-order valence-electron chi connectivity index (χ4n) is 3.57. The molecule has 1 aromatic carbocycles. The van der Waals surface area contributed by atoms with E-state index in [9.17, 15) is 19.7 Å². The van der Waals surface area contributed by atoms with Gasteiger partial charge in [-0.05, 0) is 36.7 Å². The van der Waals surface area contributed by atoms with E-state index in [-0.39, 0.29) is 29.0 Å². The van der Waals surface area contributed by atoms with Gasteiger partial charge in [0.25, 0.3) is 11.6 Å². The van der Waals surface area contributed by atoms with Crippen LogP contribution in [-0.2, 0) is 11.8 Å². The Morgan fingerprint density at radius 2 is 1.87 bits per heavy atom. The summed E-state index contributed by atoms with van der Waals surface area (Å²) in [4.78, 5) is 40.2. The Morgan fingerprint density at radius 1 is 1.17 bits per heavy atom. The molecule has 0 spiro atoms. The van der Waals surface area contributed by atoms with Crippen molar-refractivity contribution in [1.82, 2.24) is 24.6 Å². The number of amides is 2. The number of rotatable bonds is 5. The molecule has 30 heavy (non-hydrogen) atoms. The van der Waals surface area contributed by atoms with Gasteiger partial charge >= 0.3 is 0 Å². The van der Waals surface area contributed by atoms with Gasteiger partial charge in [-0.3, -0.25) is 19.7 Å². The van der Waals surface area contributed by atoms with Crippen molar-refractivity contribution in [2.75, 3.05) is 26.2 Å². The molecule has 2 heterocycles. The number of piperazine rings is 1. The molecule has 0 unspecified atom stereocenters. The topological polar surface area (TPSA) is 114 Å². The van der Waals surface area contributed by atoms with Crippen molar-refractivity contribution in [2.24, 2.45) is 13.0 Å². The largest absolute Gasteiger partial charge is 0.339 e. The normalized spacial score (nSPS) is 17.0. The van der Waals surface area contributed by atoms with Crippen LogP contribution < -0.4 is 0 Å². The quantitative estimate of drug-likeness (QED) is 0.526. The molecule has 2 aromatic rings. The van der Waals surface area contributed by atoms with Gasteiger partial charge < -0.3 is 14.4 Å². The lowest BCUT2D eigenvalue weighted by Gasteiger charge is -2.38. The highest BCUT2D eigenvalue weighted by Gasteiger charge is 2.32. The van der Waals surface area contributed by atoms with E-state index in [2.05, 4.69) is 10.2 Å². The number of carbonyl (C=O) groups is 2. The summed E-state index contributed by atoms with van der Waals surface area (Å²) in [5.74, 6) is 0.0760. The maximum absolute atomic E-state index is 12.9. The van der Waals surface area contributed by atoms with Gasteiger partial charge in [0.05, 0.1) is 9.82 Å². The van der Waals surface area contributed by atoms with Gasteiger partial charge in [-0.25, -0.2) is 0 Å². The second kappa shape index (κ2) is 8.42. The van der Waals surface area contributed by atoms with Crippen LogP contribution in [-0.4, -0.2) is 67.5 Å². The van der Waals surface area contributed by atoms with Crippen LogP contribution in [0.5, 0.6) is 0 Å². The summed E-state index contributed by atoms with van der Waals surface area (Å²) >= 11 is 1.12. The average Bonchev–Trinajstić information content (AvgIpc) is 3.11. The van der Waals surface area contributed by atoms with E-state index < -0.39 is 4.92 Å². The Balaban J connectivity index is 1.45. The zero-order valence-electron chi connectivity index (χ0n) is 16.6. The van der Waals surface area contributed by atoms with Gasteiger partial charge in [0, 0.05) is 50.8 Å². The van der Waals surface area contributed by atoms with Crippen molar-refractivity contribution < 1.29 is 14.5 Å². The number of benzene rings is 1. The molecule has 1 aliphatic heterocycles. The van der Waals surface area contributed by atoms with Gasteiger partial charge in [-0.1, -0.05) is 6.42 Å². The first-order valence-electron chi connectivity index (χ1n) is 9.82. The molecule has 0 N–H and O–H groups in total. The SMILES string of the molecule is Cn1cnnc1Sc1ccc(C(=O)N2CCN(C(=O)C3CCC3)CC2)cc1[N+](=O)[O-]. The van der Waals surface area contributed by atoms with Gasteiger partial charge in [0.15, 0.2) is 5.16 Å². The fourth-order valence-corrected chi connectivity index (χ4v) is 4.42. The van der Waals surface area contributed by atoms with E-state index >= 15 is 0 Å². The molecule has 2 fully saturated rings. The molecule has 158 valence electrons. The number of hydrogen-bond donors (Lipinski definition) is 0. The van der Waals surface area contributed by atoms with Crippen LogP contribution in [0.3, 0.4) is 0 Å². The zero-order valence-corrected chi connectivity index (χ0v) is 17.4. The third kappa shape index (κ3) is 4.02. The smallest absolute Gasteiger partial charge is 0.284 e. The summed E-state index contributed by atoms with van der Waals surface area (Å²) < 4.78 is 1.66. The lowest BCUT2D eigenvalue weighted by atomic mass is 9.84. The van der Waals surface area contributed by atoms with E-state index in [4.69, 9.17) is 0 Å². The Morgan fingerprint density at radius 3 is 2.43 bits per heavy atom. The molecule has 1 saturated heterocycles. The van der Waals surface area contributed by atoms with Crippen molar-refractivity contribution >= 4 is 29.3 Å². The summed E-state index contributed by atoms with van der Waals surface area (Å²) in [5.41, 5.74) is 0.121. The van der Waals surface area contributed by atoms with E-state index in [1.807, 2.05) is 4.90 Å². The summed E-state index contributed by atoms with van der Waals surface area (Å²) in [6.45, 7) is 1.87. The number of aryl methyl sites for hydroxylation is 1. The standard InChI is InChI=1S/C19H22N6O4S/c1-22-12-20-21-19(22)30-16-6-5-14(11-15(16)25(28)29)18(27)24-9-7-23(8-10-24)17(26)13-3-2-4-13/h5-6,11-13H,2-4,7-10H2,1H3. The minimum atomic E-state index is -0.495. The maximum atomic E-state index is 12.9. The van der Waals surface area contributed by atoms with Crippen molar-refractivity contribution in [3.05, 3.63) is 40.2 Å². The van der Waals surface area contributed by atoms with Gasteiger partial charge in [-0.15, -0.1) is 10.2 Å². The Hall–Kier alpha value is -2.95. The maximum Gasteiger partial charge on any atom is 0.284 e. The van der Waals surface area contributed by atoms with Crippen LogP contribution in [0.15, 0.2) is 34.6 Å². The van der Waals surface area contributed by atoms with Crippen molar-refractivity contribution in [3.8, 4) is 0 Å². The highest BCUT2D eigenvalue weighted by molar-refractivity contribution is 7.99. The number of carbonyl (C=O) groups excluding carboxylic acids is 2. The van der Waals surface area contributed by atoms with Crippen LogP contribution in [0, 0.1) is 16.0 Å². The van der Waals surface area contributed by atoms with Crippen LogP contribution in [0.2, 0.25) is 0 Å². The van der Waals surface area contributed by atoms with E-state index in [1.54, 1.807) is 28.6 Å². The van der Waals surface area contributed by atoms with E-state index in [0.717, 1.165) is 31.0 Å². The van der Waals surface area contributed by atoms with E-state index in [1.165, 1.54) is 12.4 Å². The first-order valence-corrected chi connectivity index (χ1v) is 10.6. The number of nitro benzene ring substituents is 1. The third-order valence-corrected chi connectivity index (χ3v) is 6.72. The zero-order chi connectivity index (χ0) is 21.3. The number of hydrogen-bond acceptors (Lipinski definition) is 7. The molecular weight excluding hydrogens is 408 g/mol. The highest BCUT2D eigenvalue weighted by Crippen LogP contribution is 2.34. The molecule has 4 rings (SSSR count). The van der Waals surface area contributed by atoms with Crippen LogP contribution in [0.4, 0.5) is 5.69 Å². The first kappa shape index (κ1) is 20.3. The Kier molecular flexibility index (Phi) is 5.71. The molecule has 0 bridgehead atoms. The molecule has 1 aliphatic carbocycles. The molecule has 11 heteroatoms. The van der Waals surface area contributed by atoms with Gasteiger partial charge in [-0.2, -0.15) is 0 Å². The molecule has 2 aliphatic rings. The second-order valence-corrected chi connectivity index (χ2v) is 8.52. The Bertz CT molecular complexity index is 981. The number of aromatic nitrogens is 3. The first-order chi connectivity index (χ1) is 14.4. The summed E-state index contributed by atoms with van der Waals surface area (Å²) in [6.07, 6.45) is 4.54. The van der Waals surface area contributed by atoms with Crippen LogP contribution in [0.25, 0.3) is 0 Å². The monoisotopic (exact) mass is 430 g/mol. The molecular formula is C19H22N6O4S. The Labute approximate surface area is 177 Å². The van der Waals surface area contributed by atoms with Crippen molar-refractivity contribution in [2.45, 2.75) is 29.3 Å². The summed E-state index contributed by atoms with van der Waals surface area (Å²) in [7, 11) is 1.75. The number of nitro groups is 1. The van der Waals surface area contributed by atoms with Crippen molar-refractivity contribution in [3.63, 3.8) is 0 Å². The highest BCUT2D eigenvalue weighted by atomic mass is 32.2. The minimum absolute atomic E-state index is 0.146. The van der Waals surface area contributed by atoms with Crippen LogP contribution >= 0.6 is 11.8 Å². The molecule has 0 atom stereocenters. The molecule has 2 amide bonds. The lowest BCUT2D eigenvalue weighted by Crippen LogP contribution is -2.52. The molecule has 10 nitrogen and oxygen atoms in total. The molecule has 0 radical (unpaired) electrons. The predicted octanol–water partition coefficient (Wildman–Crippen LogP) is 1.96. The predicted molar refractivity (Wildman–Crippen MR) is 108 cm³/mol. The van der Waals surface area contributed by atoms with Gasteiger partial charge in [0.1, 0.15) is 6.33 Å². The number of nitrogens with zero attached hydrogens (tertiary/aromatic N) is 6. The second-order valence-electron chi connectivity index (χ2n) is 7.51. The van der Waals surface area contributed by atoms with Crippen molar-refractivity contribution in [1.29, 1.82) is 0 Å². The summed E-state index contributed by atoms with van der Waals surface area (Å²) in [5, 5.41) is 19.8. The average molecular weight is 430 g/mol. The lowest BCUT2D eigenvalue weighted by molar-refractivity contribution is -0.387. The fraction of sp³-hybridized carbons (Fsp3) is 0.474. The molecule has 1 aromatic heterocycles.